The number of thiocarbonyl (C=S) groups is 1. The van der Waals surface area contributed by atoms with Crippen molar-refractivity contribution >= 4 is 51.7 Å². The second kappa shape index (κ2) is 9.81. The van der Waals surface area contributed by atoms with E-state index < -0.39 is 0 Å². The number of carbonyl (C=O) groups is 1. The number of hydrogen-bond donors (Lipinski definition) is 1. The van der Waals surface area contributed by atoms with Gasteiger partial charge in [0.25, 0.3) is 11.5 Å². The average Bonchev–Trinajstić information content (AvgIpc) is 3.63. The zero-order chi connectivity index (χ0) is 25.5. The van der Waals surface area contributed by atoms with Gasteiger partial charge in [-0.05, 0) is 55.2 Å². The Bertz CT molecular complexity index is 1510. The quantitative estimate of drug-likeness (QED) is 0.374. The highest BCUT2D eigenvalue weighted by Crippen LogP contribution is 2.35. The number of nitrogens with one attached hydrogen (secondary N) is 1. The minimum atomic E-state index is -0.272. The van der Waals surface area contributed by atoms with Crippen LogP contribution in [-0.2, 0) is 16.1 Å². The molecule has 37 heavy (non-hydrogen) atoms. The van der Waals surface area contributed by atoms with Crippen LogP contribution in [0.5, 0.6) is 11.5 Å². The Morgan fingerprint density at radius 3 is 2.95 bits per heavy atom. The number of pyridine rings is 1. The van der Waals surface area contributed by atoms with E-state index in [0.29, 0.717) is 57.4 Å². The Kier molecular flexibility index (Phi) is 6.35. The van der Waals surface area contributed by atoms with Gasteiger partial charge in [0, 0.05) is 19.3 Å². The van der Waals surface area contributed by atoms with Crippen LogP contribution in [0, 0.1) is 6.92 Å². The smallest absolute Gasteiger partial charge is 0.267 e. The molecule has 0 spiro atoms. The van der Waals surface area contributed by atoms with Crippen molar-refractivity contribution in [2.24, 2.45) is 0 Å². The average molecular weight is 537 g/mol. The van der Waals surface area contributed by atoms with E-state index in [4.69, 9.17) is 31.4 Å². The van der Waals surface area contributed by atoms with Crippen LogP contribution in [0.15, 0.2) is 46.2 Å². The molecule has 5 heterocycles. The maximum Gasteiger partial charge on any atom is 0.267 e. The predicted octanol–water partition coefficient (Wildman–Crippen LogP) is 3.72. The van der Waals surface area contributed by atoms with Crippen LogP contribution in [0.25, 0.3) is 11.7 Å². The second-order valence-electron chi connectivity index (χ2n) is 9.03. The zero-order valence-corrected chi connectivity index (χ0v) is 21.7. The fourth-order valence-corrected chi connectivity index (χ4v) is 5.85. The Morgan fingerprint density at radius 1 is 1.24 bits per heavy atom. The van der Waals surface area contributed by atoms with Crippen LogP contribution in [0.3, 0.4) is 0 Å². The second-order valence-corrected chi connectivity index (χ2v) is 10.7. The van der Waals surface area contributed by atoms with Crippen molar-refractivity contribution in [3.8, 4) is 11.5 Å². The summed E-state index contributed by atoms with van der Waals surface area (Å²) < 4.78 is 18.5. The van der Waals surface area contributed by atoms with Gasteiger partial charge in [-0.2, -0.15) is 0 Å². The summed E-state index contributed by atoms with van der Waals surface area (Å²) in [5.74, 6) is 1.55. The molecule has 1 amide bonds. The molecule has 0 radical (unpaired) electrons. The normalized spacial score (nSPS) is 20.0. The number of carbonyl (C=O) groups excluding carboxylic acids is 1. The van der Waals surface area contributed by atoms with Crippen molar-refractivity contribution in [3.63, 3.8) is 0 Å². The van der Waals surface area contributed by atoms with Crippen molar-refractivity contribution in [3.05, 3.63) is 68.5 Å². The number of hydrogen-bond acceptors (Lipinski definition) is 9. The number of thioether (sulfide) groups is 1. The molecular weight excluding hydrogens is 512 g/mol. The molecule has 2 aromatic heterocycles. The van der Waals surface area contributed by atoms with Crippen molar-refractivity contribution in [2.75, 3.05) is 25.3 Å². The van der Waals surface area contributed by atoms with Crippen LogP contribution in [0.4, 0.5) is 5.82 Å². The lowest BCUT2D eigenvalue weighted by Crippen LogP contribution is -2.35. The Labute approximate surface area is 222 Å². The summed E-state index contributed by atoms with van der Waals surface area (Å²) in [5.41, 5.74) is 2.36. The summed E-state index contributed by atoms with van der Waals surface area (Å²) in [7, 11) is 0. The van der Waals surface area contributed by atoms with Gasteiger partial charge in [0.05, 0.1) is 23.1 Å². The zero-order valence-electron chi connectivity index (χ0n) is 20.1. The molecule has 1 atom stereocenters. The van der Waals surface area contributed by atoms with Crippen LogP contribution < -0.4 is 20.3 Å². The molecule has 11 heteroatoms. The van der Waals surface area contributed by atoms with E-state index in [-0.39, 0.29) is 24.4 Å². The van der Waals surface area contributed by atoms with Gasteiger partial charge in [0.2, 0.25) is 6.79 Å². The van der Waals surface area contributed by atoms with Gasteiger partial charge in [0.1, 0.15) is 15.8 Å². The van der Waals surface area contributed by atoms with Gasteiger partial charge >= 0.3 is 0 Å². The predicted molar refractivity (Wildman–Crippen MR) is 145 cm³/mol. The fourth-order valence-electron chi connectivity index (χ4n) is 4.59. The first kappa shape index (κ1) is 24.0. The van der Waals surface area contributed by atoms with E-state index in [1.165, 1.54) is 16.2 Å². The van der Waals surface area contributed by atoms with Gasteiger partial charge < -0.3 is 19.5 Å². The van der Waals surface area contributed by atoms with Crippen LogP contribution in [-0.4, -0.2) is 50.6 Å². The summed E-state index contributed by atoms with van der Waals surface area (Å²) in [5, 5.41) is 3.30. The molecule has 6 rings (SSSR count). The lowest BCUT2D eigenvalue weighted by atomic mass is 10.2. The largest absolute Gasteiger partial charge is 0.454 e. The number of rotatable bonds is 6. The molecule has 2 saturated heterocycles. The Morgan fingerprint density at radius 2 is 2.11 bits per heavy atom. The van der Waals surface area contributed by atoms with Crippen LogP contribution in [0.1, 0.15) is 29.5 Å². The number of aryl methyl sites for hydroxylation is 1. The maximum atomic E-state index is 13.6. The third-order valence-electron chi connectivity index (χ3n) is 6.54. The molecule has 0 saturated carbocycles. The molecule has 0 aliphatic carbocycles. The third kappa shape index (κ3) is 4.58. The maximum absolute atomic E-state index is 13.6. The number of nitrogens with zero attached hydrogens (tertiary/aromatic N) is 3. The molecule has 1 unspecified atom stereocenters. The highest BCUT2D eigenvalue weighted by molar-refractivity contribution is 8.26. The molecule has 9 nitrogen and oxygen atoms in total. The van der Waals surface area contributed by atoms with Gasteiger partial charge in [0.15, 0.2) is 11.5 Å². The lowest BCUT2D eigenvalue weighted by Gasteiger charge is -2.18. The molecule has 3 aromatic rings. The molecule has 3 aliphatic heterocycles. The van der Waals surface area contributed by atoms with Gasteiger partial charge in [-0.15, -0.1) is 0 Å². The van der Waals surface area contributed by atoms with Gasteiger partial charge in [-0.25, -0.2) is 4.98 Å². The van der Waals surface area contributed by atoms with E-state index in [1.807, 2.05) is 31.2 Å². The standard InChI is InChI=1S/C26H24N4O5S2/c1-15-4-2-8-29-23(15)28-22(27-12-16-6-7-19-20(10-16)35-14-34-19)18(24(29)31)11-21-25(32)30(26(36)37-21)13-17-5-3-9-33-17/h2,4,6-8,10-11,17,27H,3,5,9,12-14H2,1H3/b21-11-. The fraction of sp³-hybridized carbons (Fsp3) is 0.308. The van der Waals surface area contributed by atoms with Gasteiger partial charge in [-0.3, -0.25) is 18.9 Å². The minimum absolute atomic E-state index is 0.0169. The highest BCUT2D eigenvalue weighted by Gasteiger charge is 2.35. The topological polar surface area (TPSA) is 94.4 Å². The molecule has 190 valence electrons. The van der Waals surface area contributed by atoms with E-state index in [2.05, 4.69) is 5.32 Å². The monoisotopic (exact) mass is 536 g/mol. The Balaban J connectivity index is 1.35. The number of amides is 1. The van der Waals surface area contributed by atoms with Crippen molar-refractivity contribution in [1.82, 2.24) is 14.3 Å². The van der Waals surface area contributed by atoms with E-state index in [9.17, 15) is 9.59 Å². The first-order valence-electron chi connectivity index (χ1n) is 12.0. The molecule has 1 N–H and O–H groups in total. The SMILES string of the molecule is Cc1cccn2c(=O)c(/C=C3\SC(=S)N(CC4CCCO4)C3=O)c(NCc3ccc4c(c3)OCO4)nc12. The third-order valence-corrected chi connectivity index (χ3v) is 7.92. The van der Waals surface area contributed by atoms with E-state index in [1.54, 1.807) is 23.2 Å². The molecule has 0 bridgehead atoms. The van der Waals surface area contributed by atoms with Crippen LogP contribution >= 0.6 is 24.0 Å². The first-order valence-corrected chi connectivity index (χ1v) is 13.2. The molecular formula is C26H24N4O5S2. The lowest BCUT2D eigenvalue weighted by molar-refractivity contribution is -0.123. The van der Waals surface area contributed by atoms with Crippen LogP contribution in [0.2, 0.25) is 0 Å². The highest BCUT2D eigenvalue weighted by atomic mass is 32.2. The summed E-state index contributed by atoms with van der Waals surface area (Å²) >= 11 is 6.69. The number of fused-ring (bicyclic) bond motifs is 2. The molecule has 3 aliphatic rings. The first-order chi connectivity index (χ1) is 18.0. The van der Waals surface area contributed by atoms with Crippen molar-refractivity contribution < 1.29 is 19.0 Å². The van der Waals surface area contributed by atoms with E-state index >= 15 is 0 Å². The number of aromatic nitrogens is 2. The van der Waals surface area contributed by atoms with Crippen molar-refractivity contribution in [1.29, 1.82) is 0 Å². The van der Waals surface area contributed by atoms with E-state index in [0.717, 1.165) is 24.0 Å². The Hall–Kier alpha value is -3.41. The number of benzene rings is 1. The molecule has 2 fully saturated rings. The minimum Gasteiger partial charge on any atom is -0.454 e. The molecule has 1 aromatic carbocycles. The van der Waals surface area contributed by atoms with Gasteiger partial charge in [-0.1, -0.05) is 36.1 Å². The summed E-state index contributed by atoms with van der Waals surface area (Å²) in [4.78, 5) is 33.6. The summed E-state index contributed by atoms with van der Waals surface area (Å²) in [6.45, 7) is 3.62. The van der Waals surface area contributed by atoms with Crippen molar-refractivity contribution in [2.45, 2.75) is 32.4 Å². The summed E-state index contributed by atoms with van der Waals surface area (Å²) in [6, 6.07) is 9.38. The number of ether oxygens (including phenoxy) is 3. The number of anilines is 1. The summed E-state index contributed by atoms with van der Waals surface area (Å²) in [6.07, 6.45) is 5.14.